The van der Waals surface area contributed by atoms with Crippen LogP contribution in [0.4, 0.5) is 11.4 Å². The molecule has 3 N–H and O–H groups in total. The highest BCUT2D eigenvalue weighted by atomic mass is 16.5. The molecule has 0 spiro atoms. The van der Waals surface area contributed by atoms with E-state index in [0.29, 0.717) is 81.5 Å². The van der Waals surface area contributed by atoms with Gasteiger partial charge in [-0.1, -0.05) is 56.6 Å². The van der Waals surface area contributed by atoms with Crippen LogP contribution in [0.25, 0.3) is 22.3 Å². The van der Waals surface area contributed by atoms with Gasteiger partial charge in [0.05, 0.1) is 55.1 Å². The number of aliphatic hydroxyl groups is 1. The summed E-state index contributed by atoms with van der Waals surface area (Å²) in [4.78, 5) is 115. The van der Waals surface area contributed by atoms with E-state index in [2.05, 4.69) is 36.9 Å². The topological polar surface area (TPSA) is 219 Å². The molecule has 0 saturated carbocycles. The fourth-order valence-corrected chi connectivity index (χ4v) is 10.0. The summed E-state index contributed by atoms with van der Waals surface area (Å²) < 4.78 is 11.9. The first-order valence-electron chi connectivity index (χ1n) is 23.6. The van der Waals surface area contributed by atoms with E-state index in [1.165, 1.54) is 33.4 Å². The van der Waals surface area contributed by atoms with Gasteiger partial charge >= 0.3 is 0 Å². The number of amides is 8. The van der Waals surface area contributed by atoms with E-state index in [1.54, 1.807) is 46.2 Å². The fraction of sp³-hybridized carbons (Fsp3) is 0.259. The van der Waals surface area contributed by atoms with Gasteiger partial charge in [0.2, 0.25) is 11.8 Å². The quantitative estimate of drug-likeness (QED) is 0.185. The number of ether oxygens (including phenoxy) is 2. The minimum Gasteiger partial charge on any atom is -0.490 e. The highest BCUT2D eigenvalue weighted by molar-refractivity contribution is 6.10. The summed E-state index contributed by atoms with van der Waals surface area (Å²) in [7, 11) is 0. The van der Waals surface area contributed by atoms with Crippen molar-refractivity contribution >= 4 is 58.6 Å². The van der Waals surface area contributed by atoms with Crippen molar-refractivity contribution in [1.29, 1.82) is 0 Å². The monoisotopic (exact) mass is 986 g/mol. The van der Waals surface area contributed by atoms with Crippen LogP contribution in [0.15, 0.2) is 116 Å². The predicted molar refractivity (Wildman–Crippen MR) is 265 cm³/mol. The molecule has 0 unspecified atom stereocenters. The Hall–Kier alpha value is -8.84. The maximum absolute atomic E-state index is 14.3. The molecule has 6 aliphatic rings. The molecule has 0 atom stereocenters. The Kier molecular flexibility index (Phi) is 12.1. The van der Waals surface area contributed by atoms with Crippen LogP contribution in [0.5, 0.6) is 11.5 Å². The second-order valence-electron chi connectivity index (χ2n) is 18.6. The number of anilines is 2. The van der Waals surface area contributed by atoms with Gasteiger partial charge < -0.3 is 44.8 Å². The summed E-state index contributed by atoms with van der Waals surface area (Å²) in [5, 5.41) is 14.6. The zero-order chi connectivity index (χ0) is 51.7. The highest BCUT2D eigenvalue weighted by Gasteiger charge is 2.40. The van der Waals surface area contributed by atoms with Gasteiger partial charge in [0, 0.05) is 57.1 Å². The number of nitrogens with one attached hydrogen (secondary N) is 2. The maximum atomic E-state index is 14.3. The van der Waals surface area contributed by atoms with Crippen LogP contribution in [0.3, 0.4) is 0 Å². The predicted octanol–water partition coefficient (Wildman–Crippen LogP) is 3.54. The van der Waals surface area contributed by atoms with Gasteiger partial charge in [0.15, 0.2) is 0 Å². The summed E-state index contributed by atoms with van der Waals surface area (Å²) in [6.45, 7) is 20.3. The molecule has 0 radical (unpaired) electrons. The average molecular weight is 987 g/mol. The summed E-state index contributed by atoms with van der Waals surface area (Å²) in [6, 6.07) is 19.8. The van der Waals surface area contributed by atoms with E-state index in [-0.39, 0.29) is 86.4 Å². The lowest BCUT2D eigenvalue weighted by Crippen LogP contribution is -2.55. The summed E-state index contributed by atoms with van der Waals surface area (Å²) >= 11 is 0. The largest absolute Gasteiger partial charge is 0.490 e. The van der Waals surface area contributed by atoms with Gasteiger partial charge in [-0.05, 0) is 75.3 Å². The Bertz CT molecular complexity index is 3220. The second-order valence-corrected chi connectivity index (χ2v) is 18.6. The van der Waals surface area contributed by atoms with Gasteiger partial charge in [-0.15, -0.1) is 0 Å². The zero-order valence-corrected chi connectivity index (χ0v) is 40.1. The normalized spacial score (nSPS) is 16.7. The number of aliphatic hydroxyl groups excluding tert-OH is 1. The van der Waals surface area contributed by atoms with Gasteiger partial charge in [0.25, 0.3) is 35.4 Å². The number of benzene rings is 4. The minimum atomic E-state index is -0.814. The molecule has 73 heavy (non-hydrogen) atoms. The SMILES string of the molecule is C=C(NC(=O)C(=C)N1Cc2c(cc(C3CN(C(=O)C(=C)NC(=O)C(=C)N4Cc5c(cccc5-c5ccc6c(c5)OCCN6C(C)=O)C4=O)C3)cc2-c2ccc3c(c2)OCCN3C(C)=O)C1=O)C(=O)N1CC(O)C1. The maximum Gasteiger partial charge on any atom is 0.271 e. The molecule has 6 heterocycles. The number of carbonyl (C=O) groups is 8. The van der Waals surface area contributed by atoms with Crippen molar-refractivity contribution < 1.29 is 52.9 Å². The van der Waals surface area contributed by atoms with E-state index in [0.717, 1.165) is 11.1 Å². The van der Waals surface area contributed by atoms with Crippen LogP contribution >= 0.6 is 0 Å². The number of rotatable bonds is 11. The van der Waals surface area contributed by atoms with E-state index in [9.17, 15) is 43.5 Å². The summed E-state index contributed by atoms with van der Waals surface area (Å²) in [6.07, 6.45) is -0.655. The molecule has 4 aromatic rings. The molecule has 19 heteroatoms. The summed E-state index contributed by atoms with van der Waals surface area (Å²) in [5.74, 6) is -3.22. The first-order chi connectivity index (χ1) is 34.9. The van der Waals surface area contributed by atoms with Crippen LogP contribution in [-0.2, 0) is 41.9 Å². The Morgan fingerprint density at radius 1 is 0.575 bits per heavy atom. The van der Waals surface area contributed by atoms with Gasteiger partial charge in [-0.2, -0.15) is 0 Å². The highest BCUT2D eigenvalue weighted by Crippen LogP contribution is 2.43. The van der Waals surface area contributed by atoms with Crippen molar-refractivity contribution in [1.82, 2.24) is 30.2 Å². The lowest BCUT2D eigenvalue weighted by Gasteiger charge is -2.40. The number of hydrogen-bond acceptors (Lipinski definition) is 11. The summed E-state index contributed by atoms with van der Waals surface area (Å²) in [5.41, 5.74) is 5.80. The molecule has 8 amide bonds. The molecule has 0 aromatic heterocycles. The third-order valence-corrected chi connectivity index (χ3v) is 14.1. The first-order valence-corrected chi connectivity index (χ1v) is 23.6. The smallest absolute Gasteiger partial charge is 0.271 e. The molecule has 10 rings (SSSR count). The molecule has 19 nitrogen and oxygen atoms in total. The third-order valence-electron chi connectivity index (χ3n) is 14.1. The molecule has 4 aromatic carbocycles. The van der Waals surface area contributed by atoms with Crippen LogP contribution in [-0.4, -0.2) is 131 Å². The van der Waals surface area contributed by atoms with Crippen molar-refractivity contribution in [3.63, 3.8) is 0 Å². The second kappa shape index (κ2) is 18.4. The van der Waals surface area contributed by atoms with Gasteiger partial charge in [0.1, 0.15) is 36.1 Å². The molecule has 0 aliphatic carbocycles. The molecule has 2 fully saturated rings. The zero-order valence-electron chi connectivity index (χ0n) is 40.1. The molecule has 6 aliphatic heterocycles. The number of likely N-dealkylation sites (tertiary alicyclic amines) is 2. The number of carbonyl (C=O) groups excluding carboxylic acids is 8. The van der Waals surface area contributed by atoms with Crippen LogP contribution in [0.1, 0.15) is 57.2 Å². The lowest BCUT2D eigenvalue weighted by atomic mass is 9.85. The van der Waals surface area contributed by atoms with E-state index in [4.69, 9.17) is 9.47 Å². The molecule has 372 valence electrons. The van der Waals surface area contributed by atoms with Crippen molar-refractivity contribution in [2.75, 3.05) is 62.3 Å². The lowest BCUT2D eigenvalue weighted by molar-refractivity contribution is -0.138. The van der Waals surface area contributed by atoms with E-state index >= 15 is 0 Å². The van der Waals surface area contributed by atoms with Gasteiger partial charge in [-0.25, -0.2) is 0 Å². The molecular weight excluding hydrogens is 937 g/mol. The average Bonchev–Trinajstić information content (AvgIpc) is 3.88. The van der Waals surface area contributed by atoms with Gasteiger partial charge in [-0.3, -0.25) is 48.2 Å². The molecule has 0 bridgehead atoms. The van der Waals surface area contributed by atoms with E-state index < -0.39 is 41.5 Å². The van der Waals surface area contributed by atoms with Crippen molar-refractivity contribution in [2.45, 2.75) is 39.0 Å². The fourth-order valence-electron chi connectivity index (χ4n) is 10.0. The number of fused-ring (bicyclic) bond motifs is 4. The Balaban J connectivity index is 0.827. The van der Waals surface area contributed by atoms with Crippen molar-refractivity contribution in [3.8, 4) is 33.8 Å². The Morgan fingerprint density at radius 2 is 1.03 bits per heavy atom. The third kappa shape index (κ3) is 8.45. The standard InChI is InChI=1S/C54H50N8O11/c1-28(55-49(66)30(3)61-26-43-39(8-7-9-40(43)53(61)70)34-10-12-45-47(20-34)72-16-14-59(45)32(5)63)51(68)57-22-37(23-57)36-18-41(35-11-13-46-48(21-35)73-17-15-60(46)33(6)64)44-27-62(54(71)42(44)19-36)31(4)50(67)56-29(2)52(69)58-24-38(65)25-58/h7-13,18-21,37-38,65H,1-4,14-17,22-27H2,5-6H3,(H,55,66)(H,56,67). The minimum absolute atomic E-state index is 0.0318. The first kappa shape index (κ1) is 47.8. The van der Waals surface area contributed by atoms with Crippen LogP contribution in [0, 0.1) is 0 Å². The van der Waals surface area contributed by atoms with Crippen LogP contribution in [0.2, 0.25) is 0 Å². The van der Waals surface area contributed by atoms with Crippen molar-refractivity contribution in [3.05, 3.63) is 144 Å². The molecule has 2 saturated heterocycles. The Labute approximate surface area is 419 Å². The van der Waals surface area contributed by atoms with Crippen molar-refractivity contribution in [2.24, 2.45) is 0 Å². The number of nitrogens with zero attached hydrogens (tertiary/aromatic N) is 6. The van der Waals surface area contributed by atoms with Crippen LogP contribution < -0.4 is 29.9 Å². The molecular formula is C54H50N8O11. The number of β-amino-alcohol motifs (C(OH)–C–C–N with tert-alkyl or cyclic N) is 1. The van der Waals surface area contributed by atoms with E-state index in [1.807, 2.05) is 30.3 Å². The number of hydrogen-bond donors (Lipinski definition) is 3. The Morgan fingerprint density at radius 3 is 1.53 bits per heavy atom.